The van der Waals surface area contributed by atoms with Gasteiger partial charge in [-0.1, -0.05) is 269 Å². The van der Waals surface area contributed by atoms with Crippen LogP contribution in [0.4, 0.5) is 0 Å². The molecule has 0 aromatic carbocycles. The minimum absolute atomic E-state index is 0.0946. The van der Waals surface area contributed by atoms with E-state index in [1.807, 2.05) is 6.08 Å². The fourth-order valence-corrected chi connectivity index (χ4v) is 7.78. The number of carbonyl (C=O) groups is 1. The molecule has 0 radical (unpaired) electrons. The van der Waals surface area contributed by atoms with Gasteiger partial charge in [0.15, 0.2) is 0 Å². The topological polar surface area (TPSA) is 26.3 Å². The average molecular weight is 725 g/mol. The molecular formula is C50H92O2. The van der Waals surface area contributed by atoms with E-state index in [0.717, 1.165) is 18.6 Å². The Bertz CT molecular complexity index is 822. The Morgan fingerprint density at radius 3 is 0.942 bits per heavy atom. The summed E-state index contributed by atoms with van der Waals surface area (Å²) in [4.78, 5) is 12.0. The molecule has 0 N–H and O–H groups in total. The van der Waals surface area contributed by atoms with Crippen LogP contribution in [0.15, 0.2) is 36.1 Å². The molecule has 0 aromatic rings. The predicted molar refractivity (Wildman–Crippen MR) is 232 cm³/mol. The molecule has 304 valence electrons. The van der Waals surface area contributed by atoms with Gasteiger partial charge in [0.2, 0.25) is 0 Å². The third-order valence-electron chi connectivity index (χ3n) is 11.5. The summed E-state index contributed by atoms with van der Waals surface area (Å²) in [7, 11) is 0. The van der Waals surface area contributed by atoms with Crippen molar-refractivity contribution in [1.82, 2.24) is 0 Å². The zero-order valence-corrected chi connectivity index (χ0v) is 35.6. The van der Waals surface area contributed by atoms with E-state index >= 15 is 0 Å². The zero-order valence-electron chi connectivity index (χ0n) is 35.6. The molecule has 1 rings (SSSR count). The fourth-order valence-electron chi connectivity index (χ4n) is 7.78. The molecule has 0 spiro atoms. The molecule has 2 nitrogen and oxygen atoms in total. The van der Waals surface area contributed by atoms with Crippen molar-refractivity contribution in [2.75, 3.05) is 0 Å². The number of esters is 1. The first-order chi connectivity index (χ1) is 25.8. The lowest BCUT2D eigenvalue weighted by molar-refractivity contribution is -0.154. The minimum Gasteiger partial charge on any atom is -0.429 e. The highest BCUT2D eigenvalue weighted by Gasteiger charge is 2.34. The molecule has 0 saturated carbocycles. The van der Waals surface area contributed by atoms with Crippen molar-refractivity contribution in [1.29, 1.82) is 0 Å². The monoisotopic (exact) mass is 725 g/mol. The van der Waals surface area contributed by atoms with E-state index in [0.29, 0.717) is 0 Å². The number of unbranched alkanes of at least 4 members (excludes halogenated alkanes) is 38. The Morgan fingerprint density at radius 1 is 0.385 bits per heavy atom. The Balaban J connectivity index is 1.83. The first-order valence-corrected chi connectivity index (χ1v) is 24.0. The number of hydrogen-bond donors (Lipinski definition) is 0. The van der Waals surface area contributed by atoms with Crippen LogP contribution in [0, 0.1) is 5.92 Å². The number of hydrogen-bond acceptors (Lipinski definition) is 2. The summed E-state index contributed by atoms with van der Waals surface area (Å²) in [6.45, 7) is 4.60. The van der Waals surface area contributed by atoms with Gasteiger partial charge in [0.05, 0.1) is 0 Å². The Morgan fingerprint density at radius 2 is 0.654 bits per heavy atom. The normalized spacial score (nSPS) is 15.4. The Hall–Kier alpha value is -1.31. The molecule has 1 aliphatic heterocycles. The van der Waals surface area contributed by atoms with Crippen molar-refractivity contribution in [3.63, 3.8) is 0 Å². The smallest absolute Gasteiger partial charge is 0.325 e. The molecule has 1 heterocycles. The highest BCUT2D eigenvalue weighted by atomic mass is 16.6. The molecule has 52 heavy (non-hydrogen) atoms. The van der Waals surface area contributed by atoms with Crippen LogP contribution in [0.3, 0.4) is 0 Å². The van der Waals surface area contributed by atoms with Gasteiger partial charge in [-0.3, -0.25) is 4.79 Å². The molecule has 1 aliphatic rings. The van der Waals surface area contributed by atoms with Crippen molar-refractivity contribution in [2.45, 2.75) is 271 Å². The van der Waals surface area contributed by atoms with Crippen LogP contribution < -0.4 is 0 Å². The molecule has 1 unspecified atom stereocenters. The van der Waals surface area contributed by atoms with E-state index in [1.165, 1.54) is 244 Å². The van der Waals surface area contributed by atoms with Crippen molar-refractivity contribution in [2.24, 2.45) is 5.92 Å². The first kappa shape index (κ1) is 48.7. The quantitative estimate of drug-likeness (QED) is 0.0356. The number of carbonyl (C=O) groups excluding carboxylic acids is 1. The highest BCUT2D eigenvalue weighted by Crippen LogP contribution is 2.28. The first-order valence-electron chi connectivity index (χ1n) is 24.0. The molecule has 2 heteroatoms. The van der Waals surface area contributed by atoms with Gasteiger partial charge in [-0.15, -0.1) is 0 Å². The predicted octanol–water partition coefficient (Wildman–Crippen LogP) is 17.8. The molecule has 0 bridgehead atoms. The van der Waals surface area contributed by atoms with E-state index in [2.05, 4.69) is 38.2 Å². The molecule has 1 fully saturated rings. The van der Waals surface area contributed by atoms with Gasteiger partial charge in [0.25, 0.3) is 0 Å². The third-order valence-corrected chi connectivity index (χ3v) is 11.5. The minimum atomic E-state index is -0.153. The van der Waals surface area contributed by atoms with Gasteiger partial charge in [0.1, 0.15) is 11.7 Å². The van der Waals surface area contributed by atoms with Crippen LogP contribution >= 0.6 is 0 Å². The lowest BCUT2D eigenvalue weighted by atomic mass is 10.00. The zero-order chi connectivity index (χ0) is 37.3. The van der Waals surface area contributed by atoms with Crippen LogP contribution in [0.2, 0.25) is 0 Å². The SMILES string of the molecule is CCCCCCCCCCCCCCCCCCCCC/C=C\C=C1\OC(=O)C1/C=C/CCCCCCCCCCCCCCCCCCCCC. The highest BCUT2D eigenvalue weighted by molar-refractivity contribution is 5.85. The number of ether oxygens (including phenoxy) is 1. The lowest BCUT2D eigenvalue weighted by Gasteiger charge is -2.24. The maximum atomic E-state index is 12.0. The third kappa shape index (κ3) is 33.3. The Kier molecular flexibility index (Phi) is 38.3. The van der Waals surface area contributed by atoms with Crippen molar-refractivity contribution >= 4 is 5.97 Å². The van der Waals surface area contributed by atoms with E-state index in [-0.39, 0.29) is 11.9 Å². The van der Waals surface area contributed by atoms with E-state index < -0.39 is 0 Å². The number of rotatable bonds is 42. The number of cyclic esters (lactones) is 1. The van der Waals surface area contributed by atoms with Gasteiger partial charge >= 0.3 is 5.97 Å². The van der Waals surface area contributed by atoms with Crippen molar-refractivity contribution in [3.05, 3.63) is 36.1 Å². The largest absolute Gasteiger partial charge is 0.429 e. The van der Waals surface area contributed by atoms with Crippen LogP contribution in [0.1, 0.15) is 271 Å². The summed E-state index contributed by atoms with van der Waals surface area (Å²) in [6, 6.07) is 0. The maximum Gasteiger partial charge on any atom is 0.325 e. The second-order valence-corrected chi connectivity index (χ2v) is 16.6. The standard InChI is InChI=1S/C50H92O2/c1-3-5-7-9-11-13-15-17-19-21-23-25-27-29-31-33-35-37-39-41-43-45-47-49-48(50(51)52-49)46-44-42-40-38-36-34-32-30-28-26-24-22-20-18-16-14-12-10-8-6-4-2/h43-48H,3-42H2,1-2H3/b45-43-,46-44+,49-47+. The average Bonchev–Trinajstić information content (AvgIpc) is 3.15. The van der Waals surface area contributed by atoms with Gasteiger partial charge in [0, 0.05) is 0 Å². The summed E-state index contributed by atoms with van der Waals surface area (Å²) in [5.74, 6) is 0.571. The molecule has 1 saturated heterocycles. The summed E-state index contributed by atoms with van der Waals surface area (Å²) in [5.41, 5.74) is 0. The Labute approximate surface area is 327 Å². The molecule has 0 aliphatic carbocycles. The van der Waals surface area contributed by atoms with Gasteiger partial charge in [-0.05, 0) is 31.8 Å². The molecule has 0 amide bonds. The summed E-state index contributed by atoms with van der Waals surface area (Å²) in [5, 5.41) is 0. The molecule has 1 atom stereocenters. The molecule has 0 aromatic heterocycles. The van der Waals surface area contributed by atoms with Crippen molar-refractivity contribution < 1.29 is 9.53 Å². The van der Waals surface area contributed by atoms with Crippen LogP contribution in [0.5, 0.6) is 0 Å². The van der Waals surface area contributed by atoms with Gasteiger partial charge in [-0.2, -0.15) is 0 Å². The molecular weight excluding hydrogens is 633 g/mol. The van der Waals surface area contributed by atoms with Gasteiger partial charge in [-0.25, -0.2) is 0 Å². The summed E-state index contributed by atoms with van der Waals surface area (Å²) < 4.78 is 5.32. The second-order valence-electron chi connectivity index (χ2n) is 16.6. The maximum absolute atomic E-state index is 12.0. The van der Waals surface area contributed by atoms with Gasteiger partial charge < -0.3 is 4.74 Å². The van der Waals surface area contributed by atoms with E-state index in [1.54, 1.807) is 0 Å². The lowest BCUT2D eigenvalue weighted by Crippen LogP contribution is -2.30. The van der Waals surface area contributed by atoms with Crippen LogP contribution in [0.25, 0.3) is 0 Å². The fraction of sp³-hybridized carbons (Fsp3) is 0.860. The van der Waals surface area contributed by atoms with E-state index in [4.69, 9.17) is 4.74 Å². The number of allylic oxidation sites excluding steroid dienone is 4. The van der Waals surface area contributed by atoms with Crippen LogP contribution in [-0.2, 0) is 9.53 Å². The summed E-state index contributed by atoms with van der Waals surface area (Å²) >= 11 is 0. The van der Waals surface area contributed by atoms with Crippen molar-refractivity contribution in [3.8, 4) is 0 Å². The second kappa shape index (κ2) is 40.9. The van der Waals surface area contributed by atoms with E-state index in [9.17, 15) is 4.79 Å². The van der Waals surface area contributed by atoms with Crippen LogP contribution in [-0.4, -0.2) is 5.97 Å². The summed E-state index contributed by atoms with van der Waals surface area (Å²) in [6.07, 6.45) is 66.7.